The molecule has 4 aromatic rings. The van der Waals surface area contributed by atoms with Gasteiger partial charge in [0.2, 0.25) is 6.41 Å². The molecule has 1 aliphatic heterocycles. The van der Waals surface area contributed by atoms with Gasteiger partial charge in [-0.25, -0.2) is 18.7 Å². The molecule has 0 unspecified atom stereocenters. The Bertz CT molecular complexity index is 1520. The molecule has 14 heteroatoms. The van der Waals surface area contributed by atoms with E-state index in [2.05, 4.69) is 31.0 Å². The van der Waals surface area contributed by atoms with Crippen molar-refractivity contribution in [1.82, 2.24) is 40.4 Å². The maximum absolute atomic E-state index is 14.0. The number of benzene rings is 1. The molecule has 1 aliphatic rings. The Hall–Kier alpha value is -4.59. The van der Waals surface area contributed by atoms with Gasteiger partial charge in [-0.15, -0.1) is 0 Å². The zero-order valence-corrected chi connectivity index (χ0v) is 20.8. The third kappa shape index (κ3) is 6.21. The Balaban J connectivity index is 0.000000360. The van der Waals surface area contributed by atoms with Crippen LogP contribution in [0.4, 0.5) is 4.39 Å². The van der Waals surface area contributed by atoms with Gasteiger partial charge in [-0.3, -0.25) is 19.4 Å². The smallest absolute Gasteiger partial charge is 0.408 e. The molecule has 13 nitrogen and oxygen atoms in total. The van der Waals surface area contributed by atoms with Crippen LogP contribution in [0, 0.1) is 5.82 Å². The van der Waals surface area contributed by atoms with Gasteiger partial charge in [0.25, 0.3) is 11.8 Å². The third-order valence-electron chi connectivity index (χ3n) is 5.55. The summed E-state index contributed by atoms with van der Waals surface area (Å²) in [5.41, 5.74) is 1.23. The quantitative estimate of drug-likeness (QED) is 0.262. The topological polar surface area (TPSA) is 167 Å². The summed E-state index contributed by atoms with van der Waals surface area (Å²) in [6.07, 6.45) is 1.83. The first-order valence-electron chi connectivity index (χ1n) is 11.9. The first kappa shape index (κ1) is 26.5. The molecule has 0 radical (unpaired) electrons. The lowest BCUT2D eigenvalue weighted by Gasteiger charge is -2.22. The van der Waals surface area contributed by atoms with E-state index in [1.54, 1.807) is 36.9 Å². The summed E-state index contributed by atoms with van der Waals surface area (Å²) < 4.78 is 20.0. The average molecular weight is 527 g/mol. The first-order chi connectivity index (χ1) is 18.2. The van der Waals surface area contributed by atoms with Crippen molar-refractivity contribution in [1.29, 1.82) is 0 Å². The van der Waals surface area contributed by atoms with E-state index in [1.165, 1.54) is 6.07 Å². The number of amides is 3. The minimum Gasteiger partial charge on any atom is -0.408 e. The number of hydrogen-bond donors (Lipinski definition) is 4. The van der Waals surface area contributed by atoms with Gasteiger partial charge in [-0.2, -0.15) is 5.10 Å². The van der Waals surface area contributed by atoms with Gasteiger partial charge < -0.3 is 25.3 Å². The lowest BCUT2D eigenvalue weighted by molar-refractivity contribution is -0.118. The van der Waals surface area contributed by atoms with Crippen LogP contribution >= 0.6 is 0 Å². The highest BCUT2D eigenvalue weighted by Crippen LogP contribution is 2.14. The van der Waals surface area contributed by atoms with Crippen LogP contribution in [-0.4, -0.2) is 74.9 Å². The highest BCUT2D eigenvalue weighted by atomic mass is 19.1. The molecule has 1 saturated heterocycles. The van der Waals surface area contributed by atoms with Crippen LogP contribution in [-0.2, 0) is 11.3 Å². The summed E-state index contributed by atoms with van der Waals surface area (Å²) in [4.78, 5) is 54.7. The number of halogens is 1. The molecule has 0 aliphatic carbocycles. The molecule has 4 heterocycles. The van der Waals surface area contributed by atoms with Crippen molar-refractivity contribution in [3.05, 3.63) is 63.8 Å². The highest BCUT2D eigenvalue weighted by molar-refractivity contribution is 5.98. The summed E-state index contributed by atoms with van der Waals surface area (Å²) >= 11 is 0. The van der Waals surface area contributed by atoms with Crippen molar-refractivity contribution in [3.63, 3.8) is 0 Å². The number of nitrogens with one attached hydrogen (secondary N) is 4. The summed E-state index contributed by atoms with van der Waals surface area (Å²) in [7, 11) is 0. The molecule has 0 atom stereocenters. The Morgan fingerprint density at radius 1 is 1.21 bits per heavy atom. The van der Waals surface area contributed by atoms with E-state index in [9.17, 15) is 23.6 Å². The Morgan fingerprint density at radius 2 is 1.97 bits per heavy atom. The van der Waals surface area contributed by atoms with Gasteiger partial charge in [0.1, 0.15) is 11.4 Å². The summed E-state index contributed by atoms with van der Waals surface area (Å²) in [5, 5.41) is 12.3. The van der Waals surface area contributed by atoms with E-state index in [-0.39, 0.29) is 29.6 Å². The number of piperazine rings is 1. The largest absolute Gasteiger partial charge is 0.417 e. The first-order valence-corrected chi connectivity index (χ1v) is 11.9. The van der Waals surface area contributed by atoms with Crippen LogP contribution in [0.5, 0.6) is 0 Å². The molecule has 1 aromatic carbocycles. The lowest BCUT2D eigenvalue weighted by Crippen LogP contribution is -2.42. The van der Waals surface area contributed by atoms with Crippen LogP contribution < -0.4 is 21.7 Å². The van der Waals surface area contributed by atoms with E-state index in [0.717, 1.165) is 43.3 Å². The number of fused-ring (bicyclic) bond motifs is 2. The maximum Gasteiger partial charge on any atom is 0.417 e. The van der Waals surface area contributed by atoms with Crippen molar-refractivity contribution in [2.75, 3.05) is 26.2 Å². The number of carbonyl (C=O) groups excluding carboxylic acids is 3. The van der Waals surface area contributed by atoms with E-state index in [0.29, 0.717) is 16.7 Å². The number of carbonyl (C=O) groups is 3. The SMILES string of the molecule is CC(C)NC(=O)c1cc(C(=O)NCc2ccc3oc(=O)[nH]c3c2)nc2c(F)cnn12.O=CN1CCNCC1. The monoisotopic (exact) mass is 526 g/mol. The molecule has 5 rings (SSSR count). The fraction of sp³-hybridized carbons (Fsp3) is 0.333. The Labute approximate surface area is 215 Å². The van der Waals surface area contributed by atoms with Crippen LogP contribution in [0.25, 0.3) is 16.7 Å². The molecule has 0 bridgehead atoms. The van der Waals surface area contributed by atoms with Crippen LogP contribution in [0.3, 0.4) is 0 Å². The average Bonchev–Trinajstić information content (AvgIpc) is 3.48. The number of oxazole rings is 1. The number of aromatic nitrogens is 4. The second kappa shape index (κ2) is 11.6. The molecule has 0 saturated carbocycles. The third-order valence-corrected chi connectivity index (χ3v) is 5.55. The van der Waals surface area contributed by atoms with Crippen molar-refractivity contribution in [3.8, 4) is 0 Å². The van der Waals surface area contributed by atoms with E-state index >= 15 is 0 Å². The zero-order chi connectivity index (χ0) is 27.2. The molecule has 1 fully saturated rings. The second-order valence-corrected chi connectivity index (χ2v) is 8.80. The van der Waals surface area contributed by atoms with Gasteiger partial charge in [0.15, 0.2) is 17.0 Å². The van der Waals surface area contributed by atoms with Crippen LogP contribution in [0.1, 0.15) is 40.4 Å². The maximum atomic E-state index is 14.0. The standard InChI is InChI=1S/C19H17FN6O4.C5H10N2O/c1-9(2)23-18(28)14-6-13(24-16-11(20)8-22-26(14)16)17(27)21-7-10-3-4-15-12(5-10)25-19(29)30-15;8-5-7-3-1-6-2-4-7/h3-6,8-9H,7H2,1-2H3,(H,21,27)(H,23,28)(H,25,29);5-6H,1-4H2. The van der Waals surface area contributed by atoms with Crippen molar-refractivity contribution in [2.45, 2.75) is 26.4 Å². The number of hydrogen-bond acceptors (Lipinski definition) is 8. The van der Waals surface area contributed by atoms with Crippen LogP contribution in [0.15, 0.2) is 39.7 Å². The van der Waals surface area contributed by atoms with Gasteiger partial charge in [-0.05, 0) is 31.5 Å². The van der Waals surface area contributed by atoms with Crippen molar-refractivity contribution >= 4 is 35.0 Å². The molecule has 3 aromatic heterocycles. The highest BCUT2D eigenvalue weighted by Gasteiger charge is 2.20. The molecular formula is C24H27FN8O5. The fourth-order valence-corrected chi connectivity index (χ4v) is 3.72. The molecule has 4 N–H and O–H groups in total. The second-order valence-electron chi connectivity index (χ2n) is 8.80. The number of H-pyrrole nitrogens is 1. The van der Waals surface area contributed by atoms with E-state index in [4.69, 9.17) is 4.42 Å². The minimum atomic E-state index is -0.752. The van der Waals surface area contributed by atoms with E-state index in [1.807, 2.05) is 0 Å². The number of nitrogens with zero attached hydrogens (tertiary/aromatic N) is 4. The summed E-state index contributed by atoms with van der Waals surface area (Å²) in [6.45, 7) is 7.28. The molecule has 3 amide bonds. The molecular weight excluding hydrogens is 499 g/mol. The zero-order valence-electron chi connectivity index (χ0n) is 20.8. The summed E-state index contributed by atoms with van der Waals surface area (Å²) in [5.74, 6) is -2.43. The predicted molar refractivity (Wildman–Crippen MR) is 134 cm³/mol. The Morgan fingerprint density at radius 3 is 2.66 bits per heavy atom. The van der Waals surface area contributed by atoms with Crippen molar-refractivity contribution < 1.29 is 23.2 Å². The predicted octanol–water partition coefficient (Wildman–Crippen LogP) is 0.419. The number of aromatic amines is 1. The molecule has 0 spiro atoms. The van der Waals surface area contributed by atoms with Gasteiger partial charge in [0.05, 0.1) is 11.7 Å². The van der Waals surface area contributed by atoms with Crippen LogP contribution in [0.2, 0.25) is 0 Å². The van der Waals surface area contributed by atoms with E-state index < -0.39 is 23.4 Å². The molecule has 38 heavy (non-hydrogen) atoms. The Kier molecular flexibility index (Phi) is 8.11. The van der Waals surface area contributed by atoms with Crippen molar-refractivity contribution in [2.24, 2.45) is 0 Å². The summed E-state index contributed by atoms with van der Waals surface area (Å²) in [6, 6.07) is 6.05. The minimum absolute atomic E-state index is 0.0138. The van der Waals surface area contributed by atoms with Gasteiger partial charge >= 0.3 is 5.76 Å². The lowest BCUT2D eigenvalue weighted by atomic mass is 10.2. The fourth-order valence-electron chi connectivity index (χ4n) is 3.72. The normalized spacial score (nSPS) is 13.3. The van der Waals surface area contributed by atoms with Gasteiger partial charge in [-0.1, -0.05) is 6.07 Å². The van der Waals surface area contributed by atoms with Gasteiger partial charge in [0, 0.05) is 44.8 Å². The number of rotatable bonds is 6. The molecule has 200 valence electrons.